The summed E-state index contributed by atoms with van der Waals surface area (Å²) in [4.78, 5) is 16.3. The van der Waals surface area contributed by atoms with Crippen LogP contribution in [0.2, 0.25) is 0 Å². The molecular formula is C27H24N4O. The number of hydrogen-bond acceptors (Lipinski definition) is 2. The van der Waals surface area contributed by atoms with Crippen molar-refractivity contribution in [1.82, 2.24) is 20.1 Å². The third-order valence-corrected chi connectivity index (χ3v) is 5.79. The van der Waals surface area contributed by atoms with E-state index < -0.39 is 0 Å². The van der Waals surface area contributed by atoms with Gasteiger partial charge in [-0.1, -0.05) is 60.7 Å². The van der Waals surface area contributed by atoms with Gasteiger partial charge in [0.05, 0.1) is 6.54 Å². The van der Waals surface area contributed by atoms with E-state index in [1.54, 1.807) is 6.20 Å². The van der Waals surface area contributed by atoms with Crippen LogP contribution in [-0.4, -0.2) is 27.2 Å². The first-order chi connectivity index (χ1) is 15.8. The van der Waals surface area contributed by atoms with Crippen LogP contribution in [0.15, 0.2) is 104 Å². The fourth-order valence-electron chi connectivity index (χ4n) is 4.11. The first-order valence-corrected chi connectivity index (χ1v) is 10.7. The summed E-state index contributed by atoms with van der Waals surface area (Å²) in [7, 11) is 0. The summed E-state index contributed by atoms with van der Waals surface area (Å²) in [6, 6.07) is 28.2. The molecule has 2 aromatic heterocycles. The van der Waals surface area contributed by atoms with E-state index >= 15 is 0 Å². The molecule has 0 fully saturated rings. The molecular weight excluding hydrogens is 396 g/mol. The lowest BCUT2D eigenvalue weighted by molar-refractivity contribution is 0.0952. The van der Waals surface area contributed by atoms with Gasteiger partial charge in [-0.3, -0.25) is 9.48 Å². The molecule has 158 valence electrons. The van der Waals surface area contributed by atoms with Crippen molar-refractivity contribution in [3.05, 3.63) is 126 Å². The zero-order valence-electron chi connectivity index (χ0n) is 17.6. The third-order valence-electron chi connectivity index (χ3n) is 5.79. The summed E-state index contributed by atoms with van der Waals surface area (Å²) in [5.74, 6) is -0.0215. The van der Waals surface area contributed by atoms with Crippen LogP contribution in [0.5, 0.6) is 0 Å². The Bertz CT molecular complexity index is 1310. The van der Waals surface area contributed by atoms with E-state index in [2.05, 4.69) is 45.9 Å². The van der Waals surface area contributed by atoms with Crippen LogP contribution in [0.4, 0.5) is 0 Å². The zero-order valence-corrected chi connectivity index (χ0v) is 17.6. The van der Waals surface area contributed by atoms with Crippen LogP contribution >= 0.6 is 0 Å². The molecule has 0 saturated heterocycles. The van der Waals surface area contributed by atoms with Crippen LogP contribution in [0.1, 0.15) is 33.0 Å². The monoisotopic (exact) mass is 420 g/mol. The van der Waals surface area contributed by atoms with Gasteiger partial charge in [-0.15, -0.1) is 0 Å². The second kappa shape index (κ2) is 8.94. The Kier molecular flexibility index (Phi) is 5.54. The maximum atomic E-state index is 12.9. The number of aromatic nitrogens is 3. The van der Waals surface area contributed by atoms with E-state index in [1.165, 1.54) is 16.5 Å². The van der Waals surface area contributed by atoms with Crippen LogP contribution in [0.3, 0.4) is 0 Å². The number of rotatable bonds is 7. The number of nitrogens with one attached hydrogen (secondary N) is 2. The molecule has 2 N–H and O–H groups in total. The molecule has 5 heteroatoms. The average molecular weight is 421 g/mol. The largest absolute Gasteiger partial charge is 0.361 e. The Hall–Kier alpha value is -4.12. The lowest BCUT2D eigenvalue weighted by Crippen LogP contribution is -2.28. The van der Waals surface area contributed by atoms with Gasteiger partial charge in [0.1, 0.15) is 0 Å². The molecule has 0 aliphatic rings. The predicted octanol–water partition coefficient (Wildman–Crippen LogP) is 4.97. The van der Waals surface area contributed by atoms with Gasteiger partial charge in [0.15, 0.2) is 0 Å². The molecule has 5 rings (SSSR count). The molecule has 2 heterocycles. The highest BCUT2D eigenvalue weighted by Crippen LogP contribution is 2.30. The highest BCUT2D eigenvalue weighted by Gasteiger charge is 2.19. The fraction of sp³-hybridized carbons (Fsp3) is 0.111. The maximum Gasteiger partial charge on any atom is 0.251 e. The van der Waals surface area contributed by atoms with Crippen molar-refractivity contribution in [3.8, 4) is 0 Å². The Morgan fingerprint density at radius 2 is 1.72 bits per heavy atom. The Labute approximate surface area is 186 Å². The summed E-state index contributed by atoms with van der Waals surface area (Å²) >= 11 is 0. The van der Waals surface area contributed by atoms with Gasteiger partial charge in [-0.25, -0.2) is 0 Å². The molecule has 0 bridgehead atoms. The van der Waals surface area contributed by atoms with E-state index in [0.29, 0.717) is 18.7 Å². The Morgan fingerprint density at radius 1 is 0.938 bits per heavy atom. The number of aromatic amines is 1. The molecule has 1 amide bonds. The third kappa shape index (κ3) is 4.18. The number of hydrogen-bond donors (Lipinski definition) is 2. The minimum atomic E-state index is -0.0728. The van der Waals surface area contributed by atoms with Gasteiger partial charge >= 0.3 is 0 Å². The molecule has 0 saturated carbocycles. The number of H-pyrrole nitrogens is 1. The number of fused-ring (bicyclic) bond motifs is 1. The molecule has 0 aliphatic heterocycles. The fourth-order valence-corrected chi connectivity index (χ4v) is 4.11. The molecule has 5 nitrogen and oxygen atoms in total. The van der Waals surface area contributed by atoms with Crippen molar-refractivity contribution in [2.75, 3.05) is 6.54 Å². The normalized spacial score (nSPS) is 12.0. The lowest BCUT2D eigenvalue weighted by Gasteiger charge is -2.18. The summed E-state index contributed by atoms with van der Waals surface area (Å²) in [5.41, 5.74) is 5.21. The number of carbonyl (C=O) groups excluding carboxylic acids is 1. The molecule has 3 aromatic carbocycles. The SMILES string of the molecule is O=C(NCC(c1ccccc1)c1c[nH]c2ccccc12)c1ccc(Cn2cccn2)cc1. The first-order valence-electron chi connectivity index (χ1n) is 10.7. The minimum Gasteiger partial charge on any atom is -0.361 e. The summed E-state index contributed by atoms with van der Waals surface area (Å²) in [5, 5.41) is 8.55. The second-order valence-corrected chi connectivity index (χ2v) is 7.86. The highest BCUT2D eigenvalue weighted by molar-refractivity contribution is 5.94. The smallest absolute Gasteiger partial charge is 0.251 e. The summed E-state index contributed by atoms with van der Waals surface area (Å²) in [6.45, 7) is 1.20. The van der Waals surface area contributed by atoms with Gasteiger partial charge in [0, 0.05) is 47.5 Å². The average Bonchev–Trinajstić information content (AvgIpc) is 3.51. The van der Waals surface area contributed by atoms with Gasteiger partial charge in [0.25, 0.3) is 5.91 Å². The van der Waals surface area contributed by atoms with Crippen molar-refractivity contribution in [1.29, 1.82) is 0 Å². The predicted molar refractivity (Wildman–Crippen MR) is 127 cm³/mol. The summed E-state index contributed by atoms with van der Waals surface area (Å²) in [6.07, 6.45) is 5.74. The molecule has 5 aromatic rings. The zero-order chi connectivity index (χ0) is 21.8. The molecule has 0 radical (unpaired) electrons. The van der Waals surface area contributed by atoms with E-state index in [9.17, 15) is 4.79 Å². The van der Waals surface area contributed by atoms with Gasteiger partial charge in [0.2, 0.25) is 0 Å². The number of benzene rings is 3. The second-order valence-electron chi connectivity index (χ2n) is 7.86. The van der Waals surface area contributed by atoms with Crippen LogP contribution < -0.4 is 5.32 Å². The Balaban J connectivity index is 1.34. The van der Waals surface area contributed by atoms with Gasteiger partial charge < -0.3 is 10.3 Å². The maximum absolute atomic E-state index is 12.9. The van der Waals surface area contributed by atoms with Crippen molar-refractivity contribution in [2.45, 2.75) is 12.5 Å². The van der Waals surface area contributed by atoms with Crippen LogP contribution in [0, 0.1) is 0 Å². The number of amides is 1. The number of para-hydroxylation sites is 1. The first kappa shape index (κ1) is 19.8. The van der Waals surface area contributed by atoms with E-state index in [-0.39, 0.29) is 11.8 Å². The quantitative estimate of drug-likeness (QED) is 0.390. The Morgan fingerprint density at radius 3 is 2.50 bits per heavy atom. The standard InChI is InChI=1S/C27H24N4O/c32-27(22-13-11-20(12-14-22)19-31-16-6-15-30-31)29-17-24(21-7-2-1-3-8-21)25-18-28-26-10-5-4-9-23(25)26/h1-16,18,24,28H,17,19H2,(H,29,32). The molecule has 0 aliphatic carbocycles. The van der Waals surface area contributed by atoms with Crippen molar-refractivity contribution < 1.29 is 4.79 Å². The lowest BCUT2D eigenvalue weighted by atomic mass is 9.91. The minimum absolute atomic E-state index is 0.0513. The van der Waals surface area contributed by atoms with E-state index in [1.807, 2.05) is 71.5 Å². The summed E-state index contributed by atoms with van der Waals surface area (Å²) < 4.78 is 1.86. The van der Waals surface area contributed by atoms with Crippen molar-refractivity contribution in [3.63, 3.8) is 0 Å². The number of carbonyl (C=O) groups is 1. The topological polar surface area (TPSA) is 62.7 Å². The number of nitrogens with zero attached hydrogens (tertiary/aromatic N) is 2. The van der Waals surface area contributed by atoms with Crippen molar-refractivity contribution >= 4 is 16.8 Å². The molecule has 1 atom stereocenters. The van der Waals surface area contributed by atoms with Gasteiger partial charge in [-0.05, 0) is 41.0 Å². The van der Waals surface area contributed by atoms with Crippen molar-refractivity contribution in [2.24, 2.45) is 0 Å². The van der Waals surface area contributed by atoms with E-state index in [0.717, 1.165) is 11.1 Å². The van der Waals surface area contributed by atoms with Crippen LogP contribution in [0.25, 0.3) is 10.9 Å². The van der Waals surface area contributed by atoms with Crippen LogP contribution in [-0.2, 0) is 6.54 Å². The molecule has 32 heavy (non-hydrogen) atoms. The molecule has 1 unspecified atom stereocenters. The highest BCUT2D eigenvalue weighted by atomic mass is 16.1. The van der Waals surface area contributed by atoms with E-state index in [4.69, 9.17) is 0 Å². The molecule has 0 spiro atoms. The van der Waals surface area contributed by atoms with Gasteiger partial charge in [-0.2, -0.15) is 5.10 Å².